The second-order valence-electron chi connectivity index (χ2n) is 5.51. The SMILES string of the molecule is COC(=O)c1cc(N=NN(C(C)C)C(C)C)cc(C(=O)OC)c1. The van der Waals surface area contributed by atoms with E-state index in [1.807, 2.05) is 32.7 Å². The van der Waals surface area contributed by atoms with E-state index in [1.54, 1.807) is 0 Å². The van der Waals surface area contributed by atoms with Crippen molar-refractivity contribution in [2.75, 3.05) is 14.2 Å². The van der Waals surface area contributed by atoms with Gasteiger partial charge in [0.2, 0.25) is 0 Å². The van der Waals surface area contributed by atoms with Crippen molar-refractivity contribution in [3.05, 3.63) is 29.3 Å². The molecule has 0 saturated carbocycles. The lowest BCUT2D eigenvalue weighted by Gasteiger charge is -2.25. The van der Waals surface area contributed by atoms with Gasteiger partial charge in [-0.2, -0.15) is 0 Å². The standard InChI is InChI=1S/C16H23N3O4/c1-10(2)19(11(3)4)18-17-14-8-12(15(20)22-5)7-13(9-14)16(21)23-6/h7-11H,1-6H3. The van der Waals surface area contributed by atoms with Gasteiger partial charge in [-0.1, -0.05) is 5.22 Å². The minimum Gasteiger partial charge on any atom is -0.465 e. The second-order valence-corrected chi connectivity index (χ2v) is 5.51. The molecule has 23 heavy (non-hydrogen) atoms. The molecule has 0 aliphatic carbocycles. The molecule has 0 aromatic heterocycles. The van der Waals surface area contributed by atoms with E-state index in [4.69, 9.17) is 0 Å². The van der Waals surface area contributed by atoms with Crippen molar-refractivity contribution in [1.29, 1.82) is 0 Å². The zero-order chi connectivity index (χ0) is 17.6. The zero-order valence-corrected chi connectivity index (χ0v) is 14.4. The first-order valence-electron chi connectivity index (χ1n) is 7.31. The monoisotopic (exact) mass is 321 g/mol. The van der Waals surface area contributed by atoms with E-state index in [2.05, 4.69) is 19.8 Å². The van der Waals surface area contributed by atoms with Gasteiger partial charge < -0.3 is 9.47 Å². The lowest BCUT2D eigenvalue weighted by atomic mass is 10.1. The van der Waals surface area contributed by atoms with Crippen molar-refractivity contribution in [2.24, 2.45) is 10.3 Å². The Morgan fingerprint density at radius 1 is 0.913 bits per heavy atom. The van der Waals surface area contributed by atoms with Crippen LogP contribution in [0.5, 0.6) is 0 Å². The molecule has 0 atom stereocenters. The number of carbonyl (C=O) groups excluding carboxylic acids is 2. The fourth-order valence-electron chi connectivity index (χ4n) is 2.05. The summed E-state index contributed by atoms with van der Waals surface area (Å²) in [5.74, 6) is -1.12. The summed E-state index contributed by atoms with van der Waals surface area (Å²) < 4.78 is 9.38. The molecule has 0 spiro atoms. The number of benzene rings is 1. The Hall–Kier alpha value is -2.44. The van der Waals surface area contributed by atoms with Crippen LogP contribution in [0.25, 0.3) is 0 Å². The normalized spacial score (nSPS) is 11.1. The van der Waals surface area contributed by atoms with Gasteiger partial charge in [-0.05, 0) is 45.9 Å². The molecule has 1 rings (SSSR count). The summed E-state index contributed by atoms with van der Waals surface area (Å²) in [4.78, 5) is 23.5. The summed E-state index contributed by atoms with van der Waals surface area (Å²) in [6.07, 6.45) is 0. The van der Waals surface area contributed by atoms with Crippen LogP contribution in [0.15, 0.2) is 28.5 Å². The maximum absolute atomic E-state index is 11.7. The van der Waals surface area contributed by atoms with Crippen molar-refractivity contribution in [2.45, 2.75) is 39.8 Å². The maximum Gasteiger partial charge on any atom is 0.337 e. The molecule has 0 unspecified atom stereocenters. The van der Waals surface area contributed by atoms with Gasteiger partial charge in [-0.25, -0.2) is 9.59 Å². The van der Waals surface area contributed by atoms with Crippen LogP contribution in [0, 0.1) is 0 Å². The van der Waals surface area contributed by atoms with Crippen LogP contribution in [-0.4, -0.2) is 43.3 Å². The van der Waals surface area contributed by atoms with Crippen LogP contribution in [0.2, 0.25) is 0 Å². The van der Waals surface area contributed by atoms with Crippen molar-refractivity contribution >= 4 is 17.6 Å². The van der Waals surface area contributed by atoms with Crippen LogP contribution < -0.4 is 0 Å². The Balaban J connectivity index is 3.23. The van der Waals surface area contributed by atoms with Crippen molar-refractivity contribution in [3.8, 4) is 0 Å². The predicted octanol–water partition coefficient (Wildman–Crippen LogP) is 3.38. The lowest BCUT2D eigenvalue weighted by Crippen LogP contribution is -2.31. The highest BCUT2D eigenvalue weighted by molar-refractivity contribution is 5.96. The first-order valence-corrected chi connectivity index (χ1v) is 7.31. The predicted molar refractivity (Wildman–Crippen MR) is 85.7 cm³/mol. The summed E-state index contributed by atoms with van der Waals surface area (Å²) >= 11 is 0. The maximum atomic E-state index is 11.7. The Kier molecular flexibility index (Phi) is 6.68. The number of hydrogen-bond donors (Lipinski definition) is 0. The molecule has 0 heterocycles. The molecule has 1 aromatic carbocycles. The third kappa shape index (κ3) is 5.05. The van der Waals surface area contributed by atoms with Crippen LogP contribution in [0.1, 0.15) is 48.4 Å². The first-order chi connectivity index (χ1) is 10.8. The molecule has 0 aliphatic rings. The molecule has 0 bridgehead atoms. The Morgan fingerprint density at radius 3 is 1.70 bits per heavy atom. The number of rotatable bonds is 6. The van der Waals surface area contributed by atoms with E-state index in [1.165, 1.54) is 32.4 Å². The minimum absolute atomic E-state index is 0.169. The number of hydrogen-bond acceptors (Lipinski definition) is 6. The molecule has 7 nitrogen and oxygen atoms in total. The molecule has 0 aliphatic heterocycles. The van der Waals surface area contributed by atoms with Gasteiger partial charge in [0.15, 0.2) is 0 Å². The van der Waals surface area contributed by atoms with Gasteiger partial charge in [0, 0.05) is 12.1 Å². The second kappa shape index (κ2) is 8.26. The highest BCUT2D eigenvalue weighted by Gasteiger charge is 2.15. The number of ether oxygens (including phenoxy) is 2. The summed E-state index contributed by atoms with van der Waals surface area (Å²) in [7, 11) is 2.54. The summed E-state index contributed by atoms with van der Waals surface area (Å²) in [6.45, 7) is 8.01. The molecule has 1 aromatic rings. The number of esters is 2. The quantitative estimate of drug-likeness (QED) is 0.456. The molecular weight excluding hydrogens is 298 g/mol. The Morgan fingerprint density at radius 2 is 1.35 bits per heavy atom. The van der Waals surface area contributed by atoms with Gasteiger partial charge in [-0.15, -0.1) is 5.11 Å². The van der Waals surface area contributed by atoms with Gasteiger partial charge in [0.25, 0.3) is 0 Å². The largest absolute Gasteiger partial charge is 0.465 e. The Labute approximate surface area is 136 Å². The van der Waals surface area contributed by atoms with Crippen molar-refractivity contribution in [3.63, 3.8) is 0 Å². The molecule has 0 N–H and O–H groups in total. The number of nitrogens with zero attached hydrogens (tertiary/aromatic N) is 3. The third-order valence-corrected chi connectivity index (χ3v) is 3.08. The topological polar surface area (TPSA) is 80.6 Å². The van der Waals surface area contributed by atoms with Gasteiger partial charge in [0.05, 0.1) is 31.0 Å². The third-order valence-electron chi connectivity index (χ3n) is 3.08. The van der Waals surface area contributed by atoms with E-state index < -0.39 is 11.9 Å². The average molecular weight is 321 g/mol. The first kappa shape index (κ1) is 18.6. The van der Waals surface area contributed by atoms with E-state index in [0.717, 1.165) is 0 Å². The zero-order valence-electron chi connectivity index (χ0n) is 14.4. The van der Waals surface area contributed by atoms with E-state index >= 15 is 0 Å². The van der Waals surface area contributed by atoms with Crippen LogP contribution in [-0.2, 0) is 9.47 Å². The van der Waals surface area contributed by atoms with Gasteiger partial charge >= 0.3 is 11.9 Å². The number of carbonyl (C=O) groups is 2. The van der Waals surface area contributed by atoms with E-state index in [9.17, 15) is 9.59 Å². The summed E-state index contributed by atoms with van der Waals surface area (Å²) in [5.41, 5.74) is 0.801. The summed E-state index contributed by atoms with van der Waals surface area (Å²) in [6, 6.07) is 4.77. The van der Waals surface area contributed by atoms with E-state index in [-0.39, 0.29) is 23.2 Å². The smallest absolute Gasteiger partial charge is 0.337 e. The van der Waals surface area contributed by atoms with Crippen LogP contribution >= 0.6 is 0 Å². The molecule has 0 amide bonds. The summed E-state index contributed by atoms with van der Waals surface area (Å²) in [5, 5.41) is 10.2. The van der Waals surface area contributed by atoms with Gasteiger partial charge in [0.1, 0.15) is 0 Å². The average Bonchev–Trinajstić information content (AvgIpc) is 2.52. The van der Waals surface area contributed by atoms with Crippen LogP contribution in [0.3, 0.4) is 0 Å². The van der Waals surface area contributed by atoms with Crippen molar-refractivity contribution < 1.29 is 19.1 Å². The number of methoxy groups -OCH3 is 2. The fraction of sp³-hybridized carbons (Fsp3) is 0.500. The van der Waals surface area contributed by atoms with Crippen LogP contribution in [0.4, 0.5) is 5.69 Å². The molecular formula is C16H23N3O4. The van der Waals surface area contributed by atoms with Gasteiger partial charge in [-0.3, -0.25) is 5.01 Å². The highest BCUT2D eigenvalue weighted by atomic mass is 16.5. The molecule has 0 saturated heterocycles. The molecule has 0 radical (unpaired) electrons. The highest BCUT2D eigenvalue weighted by Crippen LogP contribution is 2.21. The fourth-order valence-corrected chi connectivity index (χ4v) is 2.05. The molecule has 7 heteroatoms. The molecule has 0 fully saturated rings. The van der Waals surface area contributed by atoms with Crippen molar-refractivity contribution in [1.82, 2.24) is 5.01 Å². The molecule has 126 valence electrons. The van der Waals surface area contributed by atoms with E-state index in [0.29, 0.717) is 5.69 Å². The minimum atomic E-state index is -0.559. The lowest BCUT2D eigenvalue weighted by molar-refractivity contribution is 0.0599. The Bertz CT molecular complexity index is 555.